The van der Waals surface area contributed by atoms with E-state index in [1.54, 1.807) is 24.0 Å². The smallest absolute Gasteiger partial charge is 0.317 e. The maximum Gasteiger partial charge on any atom is 0.317 e. The molecule has 1 saturated heterocycles. The lowest BCUT2D eigenvalue weighted by Crippen LogP contribution is -2.52. The molecule has 7 nitrogen and oxygen atoms in total. The highest BCUT2D eigenvalue weighted by Gasteiger charge is 2.24. The summed E-state index contributed by atoms with van der Waals surface area (Å²) in [6, 6.07) is 18.9. The third-order valence-corrected chi connectivity index (χ3v) is 5.94. The number of nitrogens with two attached hydrogens (primary N) is 1. The van der Waals surface area contributed by atoms with E-state index in [1.165, 1.54) is 12.4 Å². The number of piperazine rings is 1. The number of aliphatic imine (C=N–C) groups is 2. The zero-order valence-corrected chi connectivity index (χ0v) is 19.4. The standard InChI is InChI=1S/C26H29FN6O/c1-18(22-9-5-7-20-6-3-4-8-23(20)22)31-26(34)33-14-12-32(13-15-33)25-11-10-21(16-24(25)27)30-17-29-19(2)28/h3-11,16-18H,12-15H2,1-2H3,(H,31,34)(H2,28,29,30)/t18-/m0/s1. The van der Waals surface area contributed by atoms with Crippen LogP contribution in [-0.2, 0) is 0 Å². The molecule has 0 unspecified atom stereocenters. The lowest BCUT2D eigenvalue weighted by molar-refractivity contribution is 0.191. The normalized spacial score (nSPS) is 15.7. The highest BCUT2D eigenvalue weighted by molar-refractivity contribution is 5.87. The summed E-state index contributed by atoms with van der Waals surface area (Å²) in [6.45, 7) is 5.77. The highest BCUT2D eigenvalue weighted by Crippen LogP contribution is 2.26. The number of hydrogen-bond donors (Lipinski definition) is 2. The van der Waals surface area contributed by atoms with Crippen LogP contribution in [0.2, 0.25) is 0 Å². The van der Waals surface area contributed by atoms with Crippen LogP contribution in [0.1, 0.15) is 25.5 Å². The van der Waals surface area contributed by atoms with Gasteiger partial charge in [-0.2, -0.15) is 0 Å². The van der Waals surface area contributed by atoms with Crippen LogP contribution >= 0.6 is 0 Å². The predicted molar refractivity (Wildman–Crippen MR) is 137 cm³/mol. The third-order valence-electron chi connectivity index (χ3n) is 5.94. The summed E-state index contributed by atoms with van der Waals surface area (Å²) in [5.74, 6) is 0.0276. The zero-order valence-electron chi connectivity index (χ0n) is 19.4. The molecule has 0 saturated carbocycles. The number of benzene rings is 3. The molecule has 3 N–H and O–H groups in total. The minimum Gasteiger partial charge on any atom is -0.387 e. The second-order valence-electron chi connectivity index (χ2n) is 8.36. The number of carbonyl (C=O) groups is 1. The average molecular weight is 461 g/mol. The number of carbonyl (C=O) groups excluding carboxylic acids is 1. The van der Waals surface area contributed by atoms with Crippen LogP contribution in [0, 0.1) is 5.82 Å². The number of amides is 2. The fourth-order valence-corrected chi connectivity index (χ4v) is 4.15. The Balaban J connectivity index is 1.36. The largest absolute Gasteiger partial charge is 0.387 e. The first kappa shape index (κ1) is 23.2. The molecule has 0 radical (unpaired) electrons. The Bertz CT molecular complexity index is 1220. The number of hydrogen-bond acceptors (Lipinski definition) is 3. The monoisotopic (exact) mass is 460 g/mol. The van der Waals surface area contributed by atoms with Crippen molar-refractivity contribution in [2.24, 2.45) is 15.7 Å². The summed E-state index contributed by atoms with van der Waals surface area (Å²) in [6.07, 6.45) is 1.31. The van der Waals surface area contributed by atoms with Crippen LogP contribution < -0.4 is 16.0 Å². The van der Waals surface area contributed by atoms with Crippen LogP contribution in [0.15, 0.2) is 70.6 Å². The van der Waals surface area contributed by atoms with E-state index in [4.69, 9.17) is 5.73 Å². The van der Waals surface area contributed by atoms with Crippen molar-refractivity contribution in [3.8, 4) is 0 Å². The zero-order chi connectivity index (χ0) is 24.1. The van der Waals surface area contributed by atoms with Gasteiger partial charge in [-0.1, -0.05) is 42.5 Å². The first-order valence-corrected chi connectivity index (χ1v) is 11.3. The van der Waals surface area contributed by atoms with Crippen molar-refractivity contribution in [1.29, 1.82) is 0 Å². The van der Waals surface area contributed by atoms with E-state index in [1.807, 2.05) is 36.1 Å². The van der Waals surface area contributed by atoms with Crippen LogP contribution in [0.3, 0.4) is 0 Å². The number of fused-ring (bicyclic) bond motifs is 1. The van der Waals surface area contributed by atoms with Gasteiger partial charge in [-0.05, 0) is 42.3 Å². The van der Waals surface area contributed by atoms with Crippen molar-refractivity contribution in [3.63, 3.8) is 0 Å². The Morgan fingerprint density at radius 2 is 1.82 bits per heavy atom. The van der Waals surface area contributed by atoms with Gasteiger partial charge in [0.15, 0.2) is 0 Å². The third kappa shape index (κ3) is 5.33. The summed E-state index contributed by atoms with van der Waals surface area (Å²) in [5.41, 5.74) is 7.52. The molecule has 2 amide bonds. The van der Waals surface area contributed by atoms with Crippen LogP contribution in [0.4, 0.5) is 20.6 Å². The molecule has 1 atom stereocenters. The number of rotatable bonds is 5. The van der Waals surface area contributed by atoms with Gasteiger partial charge in [-0.25, -0.2) is 19.2 Å². The molecule has 0 spiro atoms. The minimum absolute atomic E-state index is 0.110. The van der Waals surface area contributed by atoms with Crippen LogP contribution in [-0.4, -0.2) is 49.3 Å². The summed E-state index contributed by atoms with van der Waals surface area (Å²) >= 11 is 0. The molecule has 34 heavy (non-hydrogen) atoms. The van der Waals surface area contributed by atoms with Gasteiger partial charge in [-0.3, -0.25) is 0 Å². The number of nitrogens with one attached hydrogen (secondary N) is 1. The average Bonchev–Trinajstić information content (AvgIpc) is 2.83. The molecule has 0 bridgehead atoms. The number of nitrogens with zero attached hydrogens (tertiary/aromatic N) is 4. The number of halogens is 1. The summed E-state index contributed by atoms with van der Waals surface area (Å²) in [4.78, 5) is 24.6. The second kappa shape index (κ2) is 10.3. The Labute approximate surface area is 198 Å². The molecule has 176 valence electrons. The maximum atomic E-state index is 14.7. The van der Waals surface area contributed by atoms with Crippen LogP contribution in [0.5, 0.6) is 0 Å². The fraction of sp³-hybridized carbons (Fsp3) is 0.269. The minimum atomic E-state index is -0.356. The Morgan fingerprint density at radius 1 is 1.09 bits per heavy atom. The first-order valence-electron chi connectivity index (χ1n) is 11.3. The Kier molecular flexibility index (Phi) is 7.06. The molecule has 3 aromatic carbocycles. The van der Waals surface area contributed by atoms with Crippen molar-refractivity contribution >= 4 is 40.4 Å². The Morgan fingerprint density at radius 3 is 2.56 bits per heavy atom. The highest BCUT2D eigenvalue weighted by atomic mass is 19.1. The molecule has 4 rings (SSSR count). The molecule has 0 aromatic heterocycles. The van der Waals surface area contributed by atoms with Crippen molar-refractivity contribution in [2.45, 2.75) is 19.9 Å². The van der Waals surface area contributed by atoms with Crippen molar-refractivity contribution in [1.82, 2.24) is 10.2 Å². The summed E-state index contributed by atoms with van der Waals surface area (Å²) < 4.78 is 14.7. The molecule has 1 aliphatic heterocycles. The predicted octanol–water partition coefficient (Wildman–Crippen LogP) is 4.61. The van der Waals surface area contributed by atoms with Gasteiger partial charge in [0.1, 0.15) is 12.2 Å². The molecule has 0 aliphatic carbocycles. The van der Waals surface area contributed by atoms with Crippen molar-refractivity contribution in [3.05, 3.63) is 72.0 Å². The number of amidine groups is 1. The molecular weight excluding hydrogens is 431 g/mol. The van der Waals surface area contributed by atoms with Gasteiger partial charge in [0.25, 0.3) is 0 Å². The van der Waals surface area contributed by atoms with E-state index in [9.17, 15) is 9.18 Å². The molecule has 1 aliphatic rings. The van der Waals surface area contributed by atoms with Gasteiger partial charge < -0.3 is 20.9 Å². The molecule has 1 fully saturated rings. The van der Waals surface area contributed by atoms with Gasteiger partial charge in [0.2, 0.25) is 0 Å². The van der Waals surface area contributed by atoms with E-state index in [0.29, 0.717) is 43.4 Å². The molecule has 1 heterocycles. The van der Waals surface area contributed by atoms with E-state index in [2.05, 4.69) is 33.5 Å². The topological polar surface area (TPSA) is 86.3 Å². The Hall–Kier alpha value is -3.94. The number of anilines is 1. The van der Waals surface area contributed by atoms with Crippen molar-refractivity contribution in [2.75, 3.05) is 31.1 Å². The fourth-order valence-electron chi connectivity index (χ4n) is 4.15. The molecule has 8 heteroatoms. The van der Waals surface area contributed by atoms with E-state index >= 15 is 0 Å². The van der Waals surface area contributed by atoms with Gasteiger partial charge in [-0.15, -0.1) is 0 Å². The van der Waals surface area contributed by atoms with Gasteiger partial charge >= 0.3 is 6.03 Å². The van der Waals surface area contributed by atoms with Gasteiger partial charge in [0, 0.05) is 32.2 Å². The van der Waals surface area contributed by atoms with E-state index in [0.717, 1.165) is 16.3 Å². The van der Waals surface area contributed by atoms with E-state index in [-0.39, 0.29) is 17.9 Å². The SMILES string of the molecule is CC(N)=NC=Nc1ccc(N2CCN(C(=O)N[C@@H](C)c3cccc4ccccc34)CC2)c(F)c1. The summed E-state index contributed by atoms with van der Waals surface area (Å²) in [5, 5.41) is 5.40. The molecule has 3 aromatic rings. The maximum absolute atomic E-state index is 14.7. The lowest BCUT2D eigenvalue weighted by atomic mass is 10.00. The number of urea groups is 1. The first-order chi connectivity index (χ1) is 16.4. The van der Waals surface area contributed by atoms with E-state index < -0.39 is 0 Å². The second-order valence-corrected chi connectivity index (χ2v) is 8.36. The summed E-state index contributed by atoms with van der Waals surface area (Å²) in [7, 11) is 0. The van der Waals surface area contributed by atoms with Gasteiger partial charge in [0.05, 0.1) is 23.3 Å². The van der Waals surface area contributed by atoms with Crippen molar-refractivity contribution < 1.29 is 9.18 Å². The molecular formula is C26H29FN6O. The quantitative estimate of drug-likeness (QED) is 0.431. The van der Waals surface area contributed by atoms with Crippen LogP contribution in [0.25, 0.3) is 10.8 Å². The lowest BCUT2D eigenvalue weighted by Gasteiger charge is -2.36.